The molecule has 0 unspecified atom stereocenters. The molecular formula is C21H27N3O3S. The first-order valence-electron chi connectivity index (χ1n) is 9.57. The lowest BCUT2D eigenvalue weighted by atomic mass is 10.2. The zero-order chi connectivity index (χ0) is 19.9. The van der Waals surface area contributed by atoms with Gasteiger partial charge in [-0.3, -0.25) is 9.59 Å². The summed E-state index contributed by atoms with van der Waals surface area (Å²) in [5.74, 6) is 0.586. The Morgan fingerprint density at radius 3 is 2.71 bits per heavy atom. The van der Waals surface area contributed by atoms with Crippen molar-refractivity contribution < 1.29 is 14.3 Å². The summed E-state index contributed by atoms with van der Waals surface area (Å²) in [7, 11) is 4.08. The zero-order valence-electron chi connectivity index (χ0n) is 16.4. The van der Waals surface area contributed by atoms with Gasteiger partial charge in [-0.15, -0.1) is 11.3 Å². The minimum atomic E-state index is -0.420. The van der Waals surface area contributed by atoms with Crippen LogP contribution in [0, 0.1) is 0 Å². The monoisotopic (exact) mass is 401 g/mol. The van der Waals surface area contributed by atoms with Crippen LogP contribution in [0.3, 0.4) is 0 Å². The van der Waals surface area contributed by atoms with Crippen molar-refractivity contribution in [2.24, 2.45) is 0 Å². The molecule has 2 aromatic rings. The minimum absolute atomic E-state index is 0.0610. The number of hydrogen-bond acceptors (Lipinski definition) is 5. The van der Waals surface area contributed by atoms with Crippen LogP contribution >= 0.6 is 11.3 Å². The summed E-state index contributed by atoms with van der Waals surface area (Å²) in [6.07, 6.45) is 2.49. The van der Waals surface area contributed by atoms with Crippen molar-refractivity contribution in [3.63, 3.8) is 0 Å². The van der Waals surface area contributed by atoms with Gasteiger partial charge in [-0.05, 0) is 69.1 Å². The third kappa shape index (κ3) is 5.33. The van der Waals surface area contributed by atoms with E-state index in [0.717, 1.165) is 25.1 Å². The number of benzene rings is 1. The molecule has 0 radical (unpaired) electrons. The second-order valence-corrected chi connectivity index (χ2v) is 8.10. The second kappa shape index (κ2) is 9.71. The maximum absolute atomic E-state index is 12.7. The quantitative estimate of drug-likeness (QED) is 0.690. The highest BCUT2D eigenvalue weighted by Gasteiger charge is 2.34. The fraction of sp³-hybridized carbons (Fsp3) is 0.429. The lowest BCUT2D eigenvalue weighted by Crippen LogP contribution is -2.42. The van der Waals surface area contributed by atoms with Crippen LogP contribution in [-0.2, 0) is 4.79 Å². The van der Waals surface area contributed by atoms with E-state index in [0.29, 0.717) is 30.1 Å². The average Bonchev–Trinajstić information content (AvgIpc) is 3.37. The average molecular weight is 402 g/mol. The van der Waals surface area contributed by atoms with E-state index in [4.69, 9.17) is 4.74 Å². The van der Waals surface area contributed by atoms with Crippen molar-refractivity contribution in [1.29, 1.82) is 0 Å². The van der Waals surface area contributed by atoms with Crippen LogP contribution in [0.25, 0.3) is 0 Å². The highest BCUT2D eigenvalue weighted by molar-refractivity contribution is 7.12. The fourth-order valence-corrected chi connectivity index (χ4v) is 3.93. The number of likely N-dealkylation sites (tertiary alicyclic amines) is 1. The van der Waals surface area contributed by atoms with E-state index < -0.39 is 6.04 Å². The van der Waals surface area contributed by atoms with Gasteiger partial charge in [0.25, 0.3) is 5.91 Å². The van der Waals surface area contributed by atoms with Gasteiger partial charge in [0.1, 0.15) is 11.8 Å². The highest BCUT2D eigenvalue weighted by atomic mass is 32.1. The largest absolute Gasteiger partial charge is 0.494 e. The van der Waals surface area contributed by atoms with Crippen molar-refractivity contribution in [2.75, 3.05) is 39.1 Å². The summed E-state index contributed by atoms with van der Waals surface area (Å²) in [5, 5.41) is 4.81. The summed E-state index contributed by atoms with van der Waals surface area (Å²) in [6.45, 7) is 2.26. The number of amides is 2. The van der Waals surface area contributed by atoms with Crippen LogP contribution < -0.4 is 10.1 Å². The number of anilines is 1. The molecule has 6 nitrogen and oxygen atoms in total. The molecule has 1 aromatic heterocycles. The topological polar surface area (TPSA) is 61.9 Å². The van der Waals surface area contributed by atoms with Crippen molar-refractivity contribution >= 4 is 28.8 Å². The van der Waals surface area contributed by atoms with Gasteiger partial charge < -0.3 is 19.9 Å². The maximum Gasteiger partial charge on any atom is 0.264 e. The van der Waals surface area contributed by atoms with E-state index in [1.807, 2.05) is 49.8 Å². The number of carbonyl (C=O) groups excluding carboxylic acids is 2. The molecule has 1 aromatic carbocycles. The molecule has 0 bridgehead atoms. The molecule has 1 saturated heterocycles. The van der Waals surface area contributed by atoms with Crippen molar-refractivity contribution in [3.05, 3.63) is 46.7 Å². The Balaban J connectivity index is 1.53. The molecule has 150 valence electrons. The van der Waals surface area contributed by atoms with Gasteiger partial charge in [0.2, 0.25) is 5.91 Å². The molecule has 0 spiro atoms. The first kappa shape index (κ1) is 20.4. The van der Waals surface area contributed by atoms with Gasteiger partial charge in [-0.25, -0.2) is 0 Å². The molecule has 1 aliphatic rings. The molecular weight excluding hydrogens is 374 g/mol. The van der Waals surface area contributed by atoms with E-state index in [1.54, 1.807) is 11.0 Å². The number of thiophene rings is 1. The molecule has 3 rings (SSSR count). The molecule has 2 heterocycles. The molecule has 1 aliphatic heterocycles. The smallest absolute Gasteiger partial charge is 0.264 e. The maximum atomic E-state index is 12.7. The van der Waals surface area contributed by atoms with Crippen LogP contribution in [0.15, 0.2) is 41.8 Å². The van der Waals surface area contributed by atoms with Crippen molar-refractivity contribution in [3.8, 4) is 5.75 Å². The Labute approximate surface area is 170 Å². The number of rotatable bonds is 8. The van der Waals surface area contributed by atoms with Crippen LogP contribution in [0.5, 0.6) is 5.75 Å². The summed E-state index contributed by atoms with van der Waals surface area (Å²) >= 11 is 1.41. The predicted molar refractivity (Wildman–Crippen MR) is 112 cm³/mol. The third-order valence-electron chi connectivity index (χ3n) is 4.69. The normalized spacial score (nSPS) is 16.4. The molecule has 28 heavy (non-hydrogen) atoms. The molecule has 7 heteroatoms. The number of carbonyl (C=O) groups is 2. The first-order chi connectivity index (χ1) is 13.5. The lowest BCUT2D eigenvalue weighted by molar-refractivity contribution is -0.119. The Bertz CT molecular complexity index is 775. The van der Waals surface area contributed by atoms with Gasteiger partial charge in [0.05, 0.1) is 11.5 Å². The predicted octanol–water partition coefficient (Wildman–Crippen LogP) is 3.32. The van der Waals surface area contributed by atoms with E-state index in [1.165, 1.54) is 11.3 Å². The Kier molecular flexibility index (Phi) is 7.06. The van der Waals surface area contributed by atoms with E-state index in [9.17, 15) is 9.59 Å². The summed E-state index contributed by atoms with van der Waals surface area (Å²) < 4.78 is 5.71. The molecule has 1 fully saturated rings. The summed E-state index contributed by atoms with van der Waals surface area (Å²) in [6, 6.07) is 10.6. The Hall–Kier alpha value is -2.38. The van der Waals surface area contributed by atoms with E-state index in [2.05, 4.69) is 10.2 Å². The second-order valence-electron chi connectivity index (χ2n) is 7.15. The molecule has 1 atom stereocenters. The van der Waals surface area contributed by atoms with Crippen LogP contribution in [0.2, 0.25) is 0 Å². The molecule has 0 aliphatic carbocycles. The van der Waals surface area contributed by atoms with Gasteiger partial charge in [-0.2, -0.15) is 0 Å². The number of ether oxygens (including phenoxy) is 1. The SMILES string of the molecule is CN(C)CCCOc1ccc(NC(=O)[C@@H]2CCCN2C(=O)c2cccs2)cc1. The standard InChI is InChI=1S/C21H27N3O3S/c1-23(2)12-5-14-27-17-10-8-16(9-11-17)22-20(25)18-6-3-13-24(18)21(26)19-7-4-15-28-19/h4,7-11,15,18H,3,5-6,12-14H2,1-2H3,(H,22,25)/t18-/m0/s1. The molecule has 0 saturated carbocycles. The Morgan fingerprint density at radius 1 is 1.25 bits per heavy atom. The van der Waals surface area contributed by atoms with Crippen LogP contribution in [0.1, 0.15) is 28.9 Å². The van der Waals surface area contributed by atoms with Gasteiger partial charge >= 0.3 is 0 Å². The van der Waals surface area contributed by atoms with Crippen molar-refractivity contribution in [2.45, 2.75) is 25.3 Å². The van der Waals surface area contributed by atoms with Crippen molar-refractivity contribution in [1.82, 2.24) is 9.80 Å². The van der Waals surface area contributed by atoms with E-state index >= 15 is 0 Å². The van der Waals surface area contributed by atoms with Gasteiger partial charge in [0, 0.05) is 18.8 Å². The Morgan fingerprint density at radius 2 is 2.04 bits per heavy atom. The number of nitrogens with one attached hydrogen (secondary N) is 1. The van der Waals surface area contributed by atoms with Gasteiger partial charge in [0.15, 0.2) is 0 Å². The van der Waals surface area contributed by atoms with Crippen LogP contribution in [-0.4, -0.2) is 61.4 Å². The van der Waals surface area contributed by atoms with E-state index in [-0.39, 0.29) is 11.8 Å². The lowest BCUT2D eigenvalue weighted by Gasteiger charge is -2.23. The molecule has 1 N–H and O–H groups in total. The first-order valence-corrected chi connectivity index (χ1v) is 10.5. The fourth-order valence-electron chi connectivity index (χ4n) is 3.26. The summed E-state index contributed by atoms with van der Waals surface area (Å²) in [5.41, 5.74) is 0.709. The zero-order valence-corrected chi connectivity index (χ0v) is 17.2. The minimum Gasteiger partial charge on any atom is -0.494 e. The van der Waals surface area contributed by atoms with Gasteiger partial charge in [-0.1, -0.05) is 6.07 Å². The highest BCUT2D eigenvalue weighted by Crippen LogP contribution is 2.24. The van der Waals surface area contributed by atoms with Crippen LogP contribution in [0.4, 0.5) is 5.69 Å². The summed E-state index contributed by atoms with van der Waals surface area (Å²) in [4.78, 5) is 29.8. The molecule has 2 amide bonds. The number of hydrogen-bond donors (Lipinski definition) is 1. The third-order valence-corrected chi connectivity index (χ3v) is 5.55. The number of nitrogens with zero attached hydrogens (tertiary/aromatic N) is 2.